The first-order chi connectivity index (χ1) is 10.8. The molecule has 0 aromatic carbocycles. The smallest absolute Gasteiger partial charge is 0.125 e. The van der Waals surface area contributed by atoms with E-state index in [-0.39, 0.29) is 6.61 Å². The van der Waals surface area contributed by atoms with E-state index in [0.29, 0.717) is 13.1 Å². The van der Waals surface area contributed by atoms with Crippen LogP contribution >= 0.6 is 11.3 Å². The number of hydrogen-bond acceptors (Lipinski definition) is 5. The van der Waals surface area contributed by atoms with Gasteiger partial charge >= 0.3 is 0 Å². The first-order valence-electron chi connectivity index (χ1n) is 7.14. The SMILES string of the molecule is Cc1ccc(CNc2cc(-c3cccs3)nn2CCO)nc1. The second-order valence-electron chi connectivity index (χ2n) is 5.02. The van der Waals surface area contributed by atoms with Crippen molar-refractivity contribution >= 4 is 17.2 Å². The van der Waals surface area contributed by atoms with E-state index in [1.54, 1.807) is 16.0 Å². The number of aliphatic hydroxyl groups is 1. The number of aryl methyl sites for hydroxylation is 1. The number of rotatable bonds is 6. The summed E-state index contributed by atoms with van der Waals surface area (Å²) in [5.41, 5.74) is 3.04. The van der Waals surface area contributed by atoms with Gasteiger partial charge < -0.3 is 10.4 Å². The van der Waals surface area contributed by atoms with Crippen LogP contribution in [0.5, 0.6) is 0 Å². The molecule has 3 aromatic heterocycles. The highest BCUT2D eigenvalue weighted by Crippen LogP contribution is 2.26. The van der Waals surface area contributed by atoms with Gasteiger partial charge in [-0.05, 0) is 30.0 Å². The highest BCUT2D eigenvalue weighted by molar-refractivity contribution is 7.13. The van der Waals surface area contributed by atoms with Crippen molar-refractivity contribution in [2.75, 3.05) is 11.9 Å². The number of thiophene rings is 1. The zero-order valence-electron chi connectivity index (χ0n) is 12.4. The van der Waals surface area contributed by atoms with Crippen LogP contribution in [0.4, 0.5) is 5.82 Å². The average molecular weight is 314 g/mol. The molecule has 0 radical (unpaired) electrons. The van der Waals surface area contributed by atoms with Crippen molar-refractivity contribution in [2.45, 2.75) is 20.0 Å². The zero-order chi connectivity index (χ0) is 15.4. The Kier molecular flexibility index (Phi) is 4.50. The summed E-state index contributed by atoms with van der Waals surface area (Å²) < 4.78 is 1.79. The second-order valence-corrected chi connectivity index (χ2v) is 5.97. The molecule has 0 aliphatic heterocycles. The summed E-state index contributed by atoms with van der Waals surface area (Å²) in [6.45, 7) is 3.17. The third kappa shape index (κ3) is 3.35. The summed E-state index contributed by atoms with van der Waals surface area (Å²) in [6, 6.07) is 10.1. The lowest BCUT2D eigenvalue weighted by molar-refractivity contribution is 0.270. The molecule has 3 heterocycles. The number of nitrogens with one attached hydrogen (secondary N) is 1. The van der Waals surface area contributed by atoms with E-state index in [1.807, 2.05) is 48.8 Å². The van der Waals surface area contributed by atoms with Crippen molar-refractivity contribution in [3.63, 3.8) is 0 Å². The Labute approximate surface area is 133 Å². The summed E-state index contributed by atoms with van der Waals surface area (Å²) >= 11 is 1.65. The van der Waals surface area contributed by atoms with E-state index in [4.69, 9.17) is 0 Å². The minimum Gasteiger partial charge on any atom is -0.394 e. The van der Waals surface area contributed by atoms with Crippen molar-refractivity contribution in [3.8, 4) is 10.6 Å². The van der Waals surface area contributed by atoms with Crippen LogP contribution in [-0.2, 0) is 13.1 Å². The van der Waals surface area contributed by atoms with Crippen LogP contribution in [0.25, 0.3) is 10.6 Å². The molecule has 0 amide bonds. The van der Waals surface area contributed by atoms with Crippen molar-refractivity contribution in [1.82, 2.24) is 14.8 Å². The van der Waals surface area contributed by atoms with Crippen LogP contribution in [0.2, 0.25) is 0 Å². The molecule has 0 unspecified atom stereocenters. The number of nitrogens with zero attached hydrogens (tertiary/aromatic N) is 3. The van der Waals surface area contributed by atoms with E-state index in [1.165, 1.54) is 0 Å². The molecule has 0 fully saturated rings. The third-order valence-electron chi connectivity index (χ3n) is 3.29. The summed E-state index contributed by atoms with van der Waals surface area (Å²) in [6.07, 6.45) is 1.86. The number of aliphatic hydroxyl groups excluding tert-OH is 1. The van der Waals surface area contributed by atoms with Crippen LogP contribution in [0.15, 0.2) is 41.9 Å². The quantitative estimate of drug-likeness (QED) is 0.734. The molecular weight excluding hydrogens is 296 g/mol. The largest absolute Gasteiger partial charge is 0.394 e. The van der Waals surface area contributed by atoms with Crippen LogP contribution < -0.4 is 5.32 Å². The fourth-order valence-corrected chi connectivity index (χ4v) is 2.83. The zero-order valence-corrected chi connectivity index (χ0v) is 13.2. The van der Waals surface area contributed by atoms with Crippen molar-refractivity contribution in [3.05, 3.63) is 53.2 Å². The molecule has 0 aliphatic rings. The summed E-state index contributed by atoms with van der Waals surface area (Å²) in [5, 5.41) is 19.1. The maximum Gasteiger partial charge on any atom is 0.125 e. The molecule has 6 heteroatoms. The molecule has 22 heavy (non-hydrogen) atoms. The Morgan fingerprint density at radius 3 is 2.91 bits per heavy atom. The molecule has 2 N–H and O–H groups in total. The molecule has 5 nitrogen and oxygen atoms in total. The topological polar surface area (TPSA) is 63.0 Å². The first kappa shape index (κ1) is 14.7. The molecule has 114 valence electrons. The first-order valence-corrected chi connectivity index (χ1v) is 8.02. The minimum atomic E-state index is 0.0586. The Morgan fingerprint density at radius 2 is 2.23 bits per heavy atom. The molecule has 3 aromatic rings. The van der Waals surface area contributed by atoms with Gasteiger partial charge in [-0.25, -0.2) is 4.68 Å². The van der Waals surface area contributed by atoms with Crippen LogP contribution in [-0.4, -0.2) is 26.5 Å². The number of pyridine rings is 1. The molecule has 0 spiro atoms. The summed E-state index contributed by atoms with van der Waals surface area (Å²) in [7, 11) is 0. The lowest BCUT2D eigenvalue weighted by atomic mass is 10.3. The van der Waals surface area contributed by atoms with Crippen LogP contribution in [0, 0.1) is 6.92 Å². The standard InChI is InChI=1S/C16H18N4OS/c1-12-4-5-13(17-10-12)11-18-16-9-14(15-3-2-8-22-15)19-20(16)6-7-21/h2-5,8-10,18,21H,6-7,11H2,1H3. The highest BCUT2D eigenvalue weighted by Gasteiger charge is 2.10. The average Bonchev–Trinajstić information content (AvgIpc) is 3.17. The normalized spacial score (nSPS) is 10.8. The van der Waals surface area contributed by atoms with Gasteiger partial charge in [0.05, 0.1) is 30.3 Å². The predicted octanol–water partition coefficient (Wildman–Crippen LogP) is 2.92. The minimum absolute atomic E-state index is 0.0586. The van der Waals surface area contributed by atoms with Gasteiger partial charge in [0.1, 0.15) is 11.5 Å². The van der Waals surface area contributed by atoms with Crippen molar-refractivity contribution < 1.29 is 5.11 Å². The van der Waals surface area contributed by atoms with E-state index < -0.39 is 0 Å². The Hall–Kier alpha value is -2.18. The van der Waals surface area contributed by atoms with E-state index >= 15 is 0 Å². The van der Waals surface area contributed by atoms with Gasteiger partial charge in [-0.2, -0.15) is 5.10 Å². The van der Waals surface area contributed by atoms with E-state index in [2.05, 4.69) is 15.4 Å². The predicted molar refractivity (Wildman–Crippen MR) is 88.9 cm³/mol. The fraction of sp³-hybridized carbons (Fsp3) is 0.250. The molecule has 0 saturated carbocycles. The monoisotopic (exact) mass is 314 g/mol. The van der Waals surface area contributed by atoms with Crippen LogP contribution in [0.1, 0.15) is 11.3 Å². The summed E-state index contributed by atoms with van der Waals surface area (Å²) in [5.74, 6) is 0.889. The van der Waals surface area contributed by atoms with Crippen molar-refractivity contribution in [2.24, 2.45) is 0 Å². The molecule has 0 atom stereocenters. The lowest BCUT2D eigenvalue weighted by Gasteiger charge is -2.08. The lowest BCUT2D eigenvalue weighted by Crippen LogP contribution is -2.10. The Morgan fingerprint density at radius 1 is 1.32 bits per heavy atom. The molecular formula is C16H18N4OS. The van der Waals surface area contributed by atoms with Gasteiger partial charge in [-0.15, -0.1) is 11.3 Å². The highest BCUT2D eigenvalue weighted by atomic mass is 32.1. The van der Waals surface area contributed by atoms with Gasteiger partial charge in [0.2, 0.25) is 0 Å². The van der Waals surface area contributed by atoms with E-state index in [9.17, 15) is 5.11 Å². The molecule has 3 rings (SSSR count). The fourth-order valence-electron chi connectivity index (χ4n) is 2.15. The van der Waals surface area contributed by atoms with Gasteiger partial charge in [-0.3, -0.25) is 4.98 Å². The molecule has 0 bridgehead atoms. The Balaban J connectivity index is 1.78. The number of anilines is 1. The molecule has 0 aliphatic carbocycles. The second kappa shape index (κ2) is 6.72. The maximum atomic E-state index is 9.20. The maximum absolute atomic E-state index is 9.20. The van der Waals surface area contributed by atoms with Gasteiger partial charge in [0.25, 0.3) is 0 Å². The van der Waals surface area contributed by atoms with Gasteiger partial charge in [0.15, 0.2) is 0 Å². The van der Waals surface area contributed by atoms with Crippen LogP contribution in [0.3, 0.4) is 0 Å². The Bertz CT molecular complexity index is 719. The summed E-state index contributed by atoms with van der Waals surface area (Å²) in [4.78, 5) is 5.50. The van der Waals surface area contributed by atoms with Gasteiger partial charge in [-0.1, -0.05) is 12.1 Å². The third-order valence-corrected chi connectivity index (χ3v) is 4.18. The van der Waals surface area contributed by atoms with E-state index in [0.717, 1.165) is 27.6 Å². The molecule has 0 saturated heterocycles. The number of hydrogen-bond donors (Lipinski definition) is 2. The van der Waals surface area contributed by atoms with Crippen molar-refractivity contribution in [1.29, 1.82) is 0 Å². The van der Waals surface area contributed by atoms with Gasteiger partial charge in [0, 0.05) is 12.3 Å². The number of aromatic nitrogens is 3.